The van der Waals surface area contributed by atoms with Crippen molar-refractivity contribution in [1.82, 2.24) is 4.90 Å². The number of benzene rings is 1. The van der Waals surface area contributed by atoms with E-state index in [1.807, 2.05) is 51.3 Å². The predicted octanol–water partition coefficient (Wildman–Crippen LogP) is 4.38. The van der Waals surface area contributed by atoms with E-state index < -0.39 is 22.9 Å². The van der Waals surface area contributed by atoms with E-state index in [-0.39, 0.29) is 12.7 Å². The van der Waals surface area contributed by atoms with Crippen molar-refractivity contribution in [2.24, 2.45) is 5.92 Å². The maximum Gasteiger partial charge on any atom is 0.410 e. The lowest BCUT2D eigenvalue weighted by molar-refractivity contribution is -0.149. The molecule has 1 aromatic carbocycles. The molecule has 1 aliphatic heterocycles. The van der Waals surface area contributed by atoms with Crippen LogP contribution in [0, 0.1) is 17.2 Å². The summed E-state index contributed by atoms with van der Waals surface area (Å²) in [6.45, 7) is 8.28. The number of rotatable bonds is 5. The summed E-state index contributed by atoms with van der Waals surface area (Å²) in [7, 11) is 0. The quantitative estimate of drug-likeness (QED) is 0.521. The topological polar surface area (TPSA) is 79.6 Å². The monoisotopic (exact) mass is 418 g/mol. The zero-order chi connectivity index (χ0) is 21.7. The Morgan fingerprint density at radius 2 is 1.83 bits per heavy atom. The van der Waals surface area contributed by atoms with Gasteiger partial charge in [-0.3, -0.25) is 4.79 Å². The fourth-order valence-corrected chi connectivity index (χ4v) is 4.12. The van der Waals surface area contributed by atoms with E-state index in [2.05, 4.69) is 6.07 Å². The van der Waals surface area contributed by atoms with Crippen molar-refractivity contribution < 1.29 is 19.1 Å². The van der Waals surface area contributed by atoms with Crippen LogP contribution in [0.25, 0.3) is 0 Å². The first-order valence-electron chi connectivity index (χ1n) is 9.85. The van der Waals surface area contributed by atoms with Crippen molar-refractivity contribution in [3.05, 3.63) is 29.8 Å². The Bertz CT molecular complexity index is 757. The van der Waals surface area contributed by atoms with Crippen LogP contribution < -0.4 is 0 Å². The lowest BCUT2D eigenvalue weighted by Crippen LogP contribution is -2.51. The average molecular weight is 419 g/mol. The van der Waals surface area contributed by atoms with Crippen LogP contribution in [-0.2, 0) is 19.7 Å². The SMILES string of the molecule is CCOC(=O)C(C#N)C1(c2ccc(SC)cc2)CCN(C(=O)OC(C)(C)C)CC1. The third-order valence-electron chi connectivity index (χ3n) is 5.18. The molecule has 1 amide bonds. The van der Waals surface area contributed by atoms with Gasteiger partial charge in [0, 0.05) is 23.4 Å². The number of likely N-dealkylation sites (tertiary alicyclic amines) is 1. The zero-order valence-corrected chi connectivity index (χ0v) is 18.7. The van der Waals surface area contributed by atoms with Crippen molar-refractivity contribution >= 4 is 23.8 Å². The van der Waals surface area contributed by atoms with Gasteiger partial charge in [0.25, 0.3) is 0 Å². The Kier molecular flexibility index (Phi) is 7.59. The van der Waals surface area contributed by atoms with Gasteiger partial charge >= 0.3 is 12.1 Å². The number of ether oxygens (including phenoxy) is 2. The molecule has 1 unspecified atom stereocenters. The average Bonchev–Trinajstić information content (AvgIpc) is 2.68. The fraction of sp³-hybridized carbons (Fsp3) is 0.591. The predicted molar refractivity (Wildman–Crippen MR) is 113 cm³/mol. The molecular formula is C22H30N2O4S. The van der Waals surface area contributed by atoms with Crippen molar-refractivity contribution in [1.29, 1.82) is 5.26 Å². The van der Waals surface area contributed by atoms with Gasteiger partial charge in [-0.25, -0.2) is 4.79 Å². The summed E-state index contributed by atoms with van der Waals surface area (Å²) in [6.07, 6.45) is 2.61. The standard InChI is InChI=1S/C22H30N2O4S/c1-6-27-19(25)18(15-23)22(16-7-9-17(29-5)10-8-16)11-13-24(14-12-22)20(26)28-21(2,3)4/h7-10,18H,6,11-14H2,1-5H3. The first-order chi connectivity index (χ1) is 13.7. The molecule has 0 bridgehead atoms. The second kappa shape index (κ2) is 9.53. The van der Waals surface area contributed by atoms with Gasteiger partial charge in [0.15, 0.2) is 5.92 Å². The highest BCUT2D eigenvalue weighted by Crippen LogP contribution is 2.43. The van der Waals surface area contributed by atoms with Gasteiger partial charge in [-0.2, -0.15) is 5.26 Å². The van der Waals surface area contributed by atoms with E-state index in [9.17, 15) is 14.9 Å². The van der Waals surface area contributed by atoms with Gasteiger partial charge in [-0.05, 0) is 64.5 Å². The molecule has 1 atom stereocenters. The minimum absolute atomic E-state index is 0.225. The van der Waals surface area contributed by atoms with E-state index in [1.165, 1.54) is 0 Å². The molecule has 0 aromatic heterocycles. The van der Waals surface area contributed by atoms with Gasteiger partial charge in [-0.15, -0.1) is 11.8 Å². The molecule has 1 heterocycles. The molecule has 0 radical (unpaired) electrons. The van der Waals surface area contributed by atoms with Crippen LogP contribution in [0.3, 0.4) is 0 Å². The smallest absolute Gasteiger partial charge is 0.410 e. The summed E-state index contributed by atoms with van der Waals surface area (Å²) in [5, 5.41) is 9.87. The lowest BCUT2D eigenvalue weighted by atomic mass is 9.64. The van der Waals surface area contributed by atoms with Gasteiger partial charge < -0.3 is 14.4 Å². The number of piperidine rings is 1. The minimum Gasteiger partial charge on any atom is -0.465 e. The van der Waals surface area contributed by atoms with Crippen molar-refractivity contribution in [2.45, 2.75) is 56.4 Å². The van der Waals surface area contributed by atoms with E-state index in [0.29, 0.717) is 25.9 Å². The van der Waals surface area contributed by atoms with Crippen molar-refractivity contribution in [3.63, 3.8) is 0 Å². The molecule has 0 saturated carbocycles. The van der Waals surface area contributed by atoms with Gasteiger partial charge in [0.1, 0.15) is 5.60 Å². The molecule has 1 fully saturated rings. The number of nitrogens with zero attached hydrogens (tertiary/aromatic N) is 2. The van der Waals surface area contributed by atoms with E-state index in [1.54, 1.807) is 23.6 Å². The second-order valence-electron chi connectivity index (χ2n) is 8.17. The Morgan fingerprint density at radius 3 is 2.28 bits per heavy atom. The summed E-state index contributed by atoms with van der Waals surface area (Å²) in [6, 6.07) is 10.2. The summed E-state index contributed by atoms with van der Waals surface area (Å²) in [5.74, 6) is -1.43. The Balaban J connectivity index is 2.33. The summed E-state index contributed by atoms with van der Waals surface area (Å²) < 4.78 is 10.7. The maximum atomic E-state index is 12.6. The molecule has 0 spiro atoms. The van der Waals surface area contributed by atoms with E-state index in [4.69, 9.17) is 9.47 Å². The number of carbonyl (C=O) groups excluding carboxylic acids is 2. The van der Waals surface area contributed by atoms with Gasteiger partial charge in [-0.1, -0.05) is 12.1 Å². The molecule has 7 heteroatoms. The highest BCUT2D eigenvalue weighted by atomic mass is 32.2. The van der Waals surface area contributed by atoms with Gasteiger partial charge in [0.2, 0.25) is 0 Å². The molecule has 1 saturated heterocycles. The number of hydrogen-bond acceptors (Lipinski definition) is 6. The Labute approximate surface area is 177 Å². The normalized spacial score (nSPS) is 17.2. The number of esters is 1. The zero-order valence-electron chi connectivity index (χ0n) is 17.9. The summed E-state index contributed by atoms with van der Waals surface area (Å²) >= 11 is 1.64. The number of hydrogen-bond donors (Lipinski definition) is 0. The number of amides is 1. The molecule has 1 aliphatic rings. The van der Waals surface area contributed by atoms with Crippen molar-refractivity contribution in [2.75, 3.05) is 26.0 Å². The van der Waals surface area contributed by atoms with E-state index in [0.717, 1.165) is 10.5 Å². The van der Waals surface area contributed by atoms with Gasteiger partial charge in [0.05, 0.1) is 12.7 Å². The van der Waals surface area contributed by atoms with Crippen LogP contribution in [0.5, 0.6) is 0 Å². The molecule has 0 N–H and O–H groups in total. The van der Waals surface area contributed by atoms with E-state index >= 15 is 0 Å². The largest absolute Gasteiger partial charge is 0.465 e. The molecule has 158 valence electrons. The third kappa shape index (κ3) is 5.45. The van der Waals surface area contributed by atoms with Crippen LogP contribution in [0.4, 0.5) is 4.79 Å². The first-order valence-corrected chi connectivity index (χ1v) is 11.1. The highest BCUT2D eigenvalue weighted by Gasteiger charge is 2.48. The fourth-order valence-electron chi connectivity index (χ4n) is 3.71. The van der Waals surface area contributed by atoms with Crippen LogP contribution in [0.1, 0.15) is 46.1 Å². The Hall–Kier alpha value is -2.20. The third-order valence-corrected chi connectivity index (χ3v) is 5.92. The minimum atomic E-state index is -0.927. The maximum absolute atomic E-state index is 12.6. The van der Waals surface area contributed by atoms with Crippen LogP contribution in [-0.4, -0.2) is 48.5 Å². The lowest BCUT2D eigenvalue weighted by Gasteiger charge is -2.44. The molecular weight excluding hydrogens is 388 g/mol. The first kappa shape index (κ1) is 23.1. The van der Waals surface area contributed by atoms with Crippen molar-refractivity contribution in [3.8, 4) is 6.07 Å². The molecule has 1 aromatic rings. The van der Waals surface area contributed by atoms with Crippen LogP contribution in [0.15, 0.2) is 29.2 Å². The second-order valence-corrected chi connectivity index (χ2v) is 9.05. The van der Waals surface area contributed by atoms with Crippen LogP contribution >= 0.6 is 11.8 Å². The molecule has 29 heavy (non-hydrogen) atoms. The summed E-state index contributed by atoms with van der Waals surface area (Å²) in [5.41, 5.74) is -0.339. The molecule has 6 nitrogen and oxygen atoms in total. The molecule has 0 aliphatic carbocycles. The summed E-state index contributed by atoms with van der Waals surface area (Å²) in [4.78, 5) is 27.9. The molecule has 2 rings (SSSR count). The highest BCUT2D eigenvalue weighted by molar-refractivity contribution is 7.98. The number of carbonyl (C=O) groups is 2. The number of thioether (sulfide) groups is 1. The number of nitriles is 1. The van der Waals surface area contributed by atoms with Crippen LogP contribution in [0.2, 0.25) is 0 Å². The Morgan fingerprint density at radius 1 is 1.24 bits per heavy atom.